The monoisotopic (exact) mass is 809 g/mol. The molecule has 12 aromatic rings. The molecule has 0 aliphatic rings. The first-order valence-electron chi connectivity index (χ1n) is 20.7. The van der Waals surface area contributed by atoms with E-state index in [1.165, 1.54) is 25.7 Å². The molecule has 290 valence electrons. The number of thiophene rings is 1. The van der Waals surface area contributed by atoms with Gasteiger partial charge in [0.25, 0.3) is 0 Å². The molecule has 0 radical (unpaired) electrons. The molecule has 5 nitrogen and oxygen atoms in total. The molecular formula is C56H35N5S. The Morgan fingerprint density at radius 3 is 1.53 bits per heavy atom. The van der Waals surface area contributed by atoms with Gasteiger partial charge in [-0.1, -0.05) is 194 Å². The number of hydrogen-bond acceptors (Lipinski definition) is 5. The lowest BCUT2D eigenvalue weighted by Gasteiger charge is -2.12. The second-order valence-corrected chi connectivity index (χ2v) is 16.5. The highest BCUT2D eigenvalue weighted by molar-refractivity contribution is 7.25. The molecule has 12 rings (SSSR count). The molecule has 0 aliphatic carbocycles. The van der Waals surface area contributed by atoms with E-state index in [-0.39, 0.29) is 0 Å². The van der Waals surface area contributed by atoms with Crippen molar-refractivity contribution >= 4 is 47.8 Å². The molecule has 62 heavy (non-hydrogen) atoms. The average molecular weight is 810 g/mol. The van der Waals surface area contributed by atoms with Gasteiger partial charge in [0.1, 0.15) is 5.69 Å². The lowest BCUT2D eigenvalue weighted by atomic mass is 9.97. The van der Waals surface area contributed by atoms with Crippen molar-refractivity contribution in [1.29, 1.82) is 0 Å². The van der Waals surface area contributed by atoms with Crippen molar-refractivity contribution in [3.63, 3.8) is 0 Å². The summed E-state index contributed by atoms with van der Waals surface area (Å²) in [5, 5.41) is 10.3. The largest absolute Gasteiger partial charge is 0.231 e. The molecule has 0 atom stereocenters. The lowest BCUT2D eigenvalue weighted by molar-refractivity contribution is 0.979. The minimum absolute atomic E-state index is 0.611. The van der Waals surface area contributed by atoms with E-state index in [1.54, 1.807) is 0 Å². The number of nitrogens with zero attached hydrogens (tertiary/aromatic N) is 5. The molecule has 0 unspecified atom stereocenters. The van der Waals surface area contributed by atoms with Gasteiger partial charge in [0.15, 0.2) is 17.5 Å². The maximum absolute atomic E-state index is 5.39. The van der Waals surface area contributed by atoms with Crippen LogP contribution >= 0.6 is 11.3 Å². The molecule has 0 spiro atoms. The summed E-state index contributed by atoms with van der Waals surface area (Å²) < 4.78 is 4.71. The van der Waals surface area contributed by atoms with Crippen molar-refractivity contribution < 1.29 is 0 Å². The summed E-state index contributed by atoms with van der Waals surface area (Å²) in [7, 11) is 0. The summed E-state index contributed by atoms with van der Waals surface area (Å²) in [4.78, 5) is 15.2. The summed E-state index contributed by atoms with van der Waals surface area (Å²) in [5.41, 5.74) is 12.5. The van der Waals surface area contributed by atoms with Crippen LogP contribution in [0.1, 0.15) is 0 Å². The summed E-state index contributed by atoms with van der Waals surface area (Å²) >= 11 is 1.84. The van der Waals surface area contributed by atoms with E-state index in [9.17, 15) is 0 Å². The van der Waals surface area contributed by atoms with Gasteiger partial charge in [0.2, 0.25) is 0 Å². The molecule has 0 saturated carbocycles. The normalized spacial score (nSPS) is 11.5. The maximum Gasteiger partial charge on any atom is 0.164 e. The van der Waals surface area contributed by atoms with E-state index in [1.807, 2.05) is 47.7 Å². The Bertz CT molecular complexity index is 3600. The van der Waals surface area contributed by atoms with Crippen LogP contribution in [0.4, 0.5) is 0 Å². The van der Waals surface area contributed by atoms with Gasteiger partial charge >= 0.3 is 0 Å². The fraction of sp³-hybridized carbons (Fsp3) is 0. The fourth-order valence-corrected chi connectivity index (χ4v) is 9.86. The summed E-state index contributed by atoms with van der Waals surface area (Å²) in [6, 6.07) is 74.4. The molecular weight excluding hydrogens is 775 g/mol. The first-order valence-corrected chi connectivity index (χ1v) is 21.5. The van der Waals surface area contributed by atoms with E-state index < -0.39 is 0 Å². The van der Waals surface area contributed by atoms with Crippen molar-refractivity contribution in [3.05, 3.63) is 212 Å². The summed E-state index contributed by atoms with van der Waals surface area (Å²) in [6.45, 7) is 0. The molecule has 0 amide bonds. The fourth-order valence-electron chi connectivity index (χ4n) is 8.72. The topological polar surface area (TPSA) is 56.0 Å². The Hall–Kier alpha value is -8.06. The molecule has 0 aliphatic heterocycles. The van der Waals surface area contributed by atoms with Gasteiger partial charge in [-0.05, 0) is 40.3 Å². The number of rotatable bonds is 7. The third-order valence-electron chi connectivity index (χ3n) is 11.7. The zero-order valence-electron chi connectivity index (χ0n) is 33.4. The molecule has 6 heteroatoms. The highest BCUT2D eigenvalue weighted by atomic mass is 32.1. The van der Waals surface area contributed by atoms with Crippen LogP contribution in [0.2, 0.25) is 0 Å². The Morgan fingerprint density at radius 2 is 0.871 bits per heavy atom. The molecule has 4 aromatic heterocycles. The molecule has 4 heterocycles. The van der Waals surface area contributed by atoms with Crippen molar-refractivity contribution in [1.82, 2.24) is 24.6 Å². The van der Waals surface area contributed by atoms with Gasteiger partial charge in [-0.15, -0.1) is 11.3 Å². The van der Waals surface area contributed by atoms with Crippen molar-refractivity contribution in [2.24, 2.45) is 0 Å². The maximum atomic E-state index is 5.39. The first-order chi connectivity index (χ1) is 30.7. The van der Waals surface area contributed by atoms with Gasteiger partial charge in [-0.2, -0.15) is 5.10 Å². The highest BCUT2D eigenvalue weighted by Crippen LogP contribution is 2.42. The SMILES string of the molecule is c1ccc(-c2nc(-c3ccc(-c4cccc5sc6ccccc6c45)cc3)nc(-c3ccc(-c4cc5ccccc5c5c(-c6ccccc6)c(-c6ccccc6)nn45)cc3)n2)cc1. The zero-order chi connectivity index (χ0) is 41.0. The van der Waals surface area contributed by atoms with Crippen LogP contribution in [-0.4, -0.2) is 24.6 Å². The third kappa shape index (κ3) is 6.16. The summed E-state index contributed by atoms with van der Waals surface area (Å²) in [5.74, 6) is 1.86. The average Bonchev–Trinajstić information content (AvgIpc) is 3.95. The van der Waals surface area contributed by atoms with E-state index >= 15 is 0 Å². The van der Waals surface area contributed by atoms with Crippen molar-refractivity contribution in [2.45, 2.75) is 0 Å². The van der Waals surface area contributed by atoms with E-state index in [0.29, 0.717) is 17.5 Å². The molecule has 8 aromatic carbocycles. The quantitative estimate of drug-likeness (QED) is 0.161. The number of benzene rings is 8. The molecule has 0 bridgehead atoms. The predicted molar refractivity (Wildman–Crippen MR) is 257 cm³/mol. The van der Waals surface area contributed by atoms with Crippen LogP contribution in [0.3, 0.4) is 0 Å². The van der Waals surface area contributed by atoms with Crippen LogP contribution in [-0.2, 0) is 0 Å². The Morgan fingerprint density at radius 1 is 0.371 bits per heavy atom. The van der Waals surface area contributed by atoms with Gasteiger partial charge in [-0.3, -0.25) is 0 Å². The zero-order valence-corrected chi connectivity index (χ0v) is 34.2. The molecule has 0 N–H and O–H groups in total. The van der Waals surface area contributed by atoms with Crippen LogP contribution in [0, 0.1) is 0 Å². The Labute approximate surface area is 361 Å². The van der Waals surface area contributed by atoms with Crippen LogP contribution in [0.15, 0.2) is 212 Å². The molecule has 0 fully saturated rings. The van der Waals surface area contributed by atoms with Crippen molar-refractivity contribution in [2.75, 3.05) is 0 Å². The van der Waals surface area contributed by atoms with Crippen LogP contribution in [0.25, 0.3) is 115 Å². The van der Waals surface area contributed by atoms with Gasteiger partial charge < -0.3 is 0 Å². The number of pyridine rings is 1. The Kier molecular flexibility index (Phi) is 8.61. The predicted octanol–water partition coefficient (Wildman–Crippen LogP) is 14.7. The second kappa shape index (κ2) is 14.9. The van der Waals surface area contributed by atoms with Crippen molar-refractivity contribution in [3.8, 4) is 78.9 Å². The lowest BCUT2D eigenvalue weighted by Crippen LogP contribution is -2.00. The standard InChI is InChI=1S/C56H35N5S/c1-4-15-38(16-5-1)50-52(39-17-6-2-7-18-39)60-61-47(35-43-21-10-11-22-45(43)53(50)61)37-29-33-42(34-30-37)56-58-54(40-19-8-3-9-20-40)57-55(59-56)41-31-27-36(28-32-41)44-24-14-26-49-51(44)46-23-12-13-25-48(46)62-49/h1-35H. The van der Waals surface area contributed by atoms with E-state index in [2.05, 4.69) is 180 Å². The second-order valence-electron chi connectivity index (χ2n) is 15.4. The minimum atomic E-state index is 0.611. The number of hydrogen-bond donors (Lipinski definition) is 0. The van der Waals surface area contributed by atoms with E-state index in [4.69, 9.17) is 20.1 Å². The van der Waals surface area contributed by atoms with Gasteiger partial charge in [0, 0.05) is 58.9 Å². The van der Waals surface area contributed by atoms with Gasteiger partial charge in [0.05, 0.1) is 11.2 Å². The first kappa shape index (κ1) is 35.8. The number of fused-ring (bicyclic) bond motifs is 6. The third-order valence-corrected chi connectivity index (χ3v) is 12.8. The molecule has 0 saturated heterocycles. The summed E-state index contributed by atoms with van der Waals surface area (Å²) in [6.07, 6.45) is 0. The van der Waals surface area contributed by atoms with Crippen LogP contribution in [0.5, 0.6) is 0 Å². The van der Waals surface area contributed by atoms with E-state index in [0.717, 1.165) is 72.2 Å². The highest BCUT2D eigenvalue weighted by Gasteiger charge is 2.22. The van der Waals surface area contributed by atoms with Gasteiger partial charge in [-0.25, -0.2) is 19.5 Å². The number of aromatic nitrogens is 5. The smallest absolute Gasteiger partial charge is 0.164 e. The minimum Gasteiger partial charge on any atom is -0.231 e. The van der Waals surface area contributed by atoms with Crippen LogP contribution < -0.4 is 0 Å². The Balaban J connectivity index is 0.971.